The molecule has 1 heteroatoms. The molecule has 1 atom stereocenters. The van der Waals surface area contributed by atoms with Crippen LogP contribution in [0.25, 0.3) is 0 Å². The predicted molar refractivity (Wildman–Crippen MR) is 39.9 cm³/mol. The average Bonchev–Trinajstić information content (AvgIpc) is 1.91. The molecule has 0 aromatic rings. The van der Waals surface area contributed by atoms with Gasteiger partial charge in [-0.2, -0.15) is 0 Å². The third-order valence-electron chi connectivity index (χ3n) is 2.10. The van der Waals surface area contributed by atoms with Gasteiger partial charge < -0.3 is 5.73 Å². The molecule has 0 saturated heterocycles. The Morgan fingerprint density at radius 2 is 2.44 bits per heavy atom. The largest absolute Gasteiger partial charge is 0.330 e. The van der Waals surface area contributed by atoms with Gasteiger partial charge in [-0.15, -0.1) is 0 Å². The molecule has 9 heavy (non-hydrogen) atoms. The van der Waals surface area contributed by atoms with Crippen LogP contribution in [0.4, 0.5) is 0 Å². The summed E-state index contributed by atoms with van der Waals surface area (Å²) in [5.74, 6) is 0.920. The van der Waals surface area contributed by atoms with E-state index in [1.54, 1.807) is 0 Å². The summed E-state index contributed by atoms with van der Waals surface area (Å²) < 4.78 is 0. The molecule has 1 rings (SSSR count). The van der Waals surface area contributed by atoms with Crippen LogP contribution in [0.5, 0.6) is 0 Å². The van der Waals surface area contributed by atoms with Crippen molar-refractivity contribution in [1.82, 2.24) is 0 Å². The Hall–Kier alpha value is -0.0400. The molecular weight excluding hydrogens is 110 g/mol. The van der Waals surface area contributed by atoms with E-state index in [0.29, 0.717) is 0 Å². The molecule has 2 N–H and O–H groups in total. The van der Waals surface area contributed by atoms with Crippen molar-refractivity contribution in [3.63, 3.8) is 0 Å². The highest BCUT2D eigenvalue weighted by atomic mass is 14.5. The molecule has 1 nitrogen and oxygen atoms in total. The summed E-state index contributed by atoms with van der Waals surface area (Å²) in [6.07, 6.45) is 9.09. The minimum Gasteiger partial charge on any atom is -0.330 e. The van der Waals surface area contributed by atoms with Gasteiger partial charge in [0.25, 0.3) is 0 Å². The fraction of sp³-hybridized carbons (Fsp3) is 0.875. The smallest absolute Gasteiger partial charge is 0.00746 e. The molecule has 0 heterocycles. The average molecular weight is 126 g/mol. The van der Waals surface area contributed by atoms with Crippen LogP contribution in [0.2, 0.25) is 0 Å². The summed E-state index contributed by atoms with van der Waals surface area (Å²) in [7, 11) is 0. The third kappa shape index (κ3) is 2.35. The Kier molecular flexibility index (Phi) is 3.05. The van der Waals surface area contributed by atoms with E-state index in [4.69, 9.17) is 5.73 Å². The molecule has 1 radical (unpaired) electrons. The van der Waals surface area contributed by atoms with Crippen molar-refractivity contribution in [1.29, 1.82) is 0 Å². The molecule has 53 valence electrons. The first-order chi connectivity index (χ1) is 4.43. The molecule has 0 amide bonds. The number of hydrogen-bond donors (Lipinski definition) is 1. The van der Waals surface area contributed by atoms with Gasteiger partial charge in [-0.05, 0) is 31.7 Å². The topological polar surface area (TPSA) is 26.0 Å². The first-order valence-electron chi connectivity index (χ1n) is 3.95. The maximum Gasteiger partial charge on any atom is -0.00746 e. The highest BCUT2D eigenvalue weighted by Gasteiger charge is 2.11. The molecule has 0 bridgehead atoms. The predicted octanol–water partition coefficient (Wildman–Crippen LogP) is 1.73. The van der Waals surface area contributed by atoms with E-state index in [-0.39, 0.29) is 0 Å². The first kappa shape index (κ1) is 7.07. The summed E-state index contributed by atoms with van der Waals surface area (Å²) in [6.45, 7) is 0.874. The van der Waals surface area contributed by atoms with E-state index in [9.17, 15) is 0 Å². The van der Waals surface area contributed by atoms with Crippen LogP contribution < -0.4 is 5.73 Å². The highest BCUT2D eigenvalue weighted by molar-refractivity contribution is 4.77. The maximum absolute atomic E-state index is 5.45. The molecule has 0 aromatic carbocycles. The van der Waals surface area contributed by atoms with Crippen molar-refractivity contribution >= 4 is 0 Å². The quantitative estimate of drug-likeness (QED) is 0.599. The molecule has 1 unspecified atom stereocenters. The van der Waals surface area contributed by atoms with E-state index in [1.807, 2.05) is 0 Å². The zero-order valence-electron chi connectivity index (χ0n) is 5.97. The third-order valence-corrected chi connectivity index (χ3v) is 2.10. The van der Waals surface area contributed by atoms with Crippen molar-refractivity contribution in [2.45, 2.75) is 32.1 Å². The van der Waals surface area contributed by atoms with Crippen molar-refractivity contribution in [2.24, 2.45) is 11.7 Å². The van der Waals surface area contributed by atoms with Crippen molar-refractivity contribution in [3.8, 4) is 0 Å². The van der Waals surface area contributed by atoms with Crippen LogP contribution in [0.1, 0.15) is 32.1 Å². The monoisotopic (exact) mass is 126 g/mol. The van der Waals surface area contributed by atoms with Gasteiger partial charge >= 0.3 is 0 Å². The first-order valence-corrected chi connectivity index (χ1v) is 3.95. The number of rotatable bonds is 2. The fourth-order valence-electron chi connectivity index (χ4n) is 1.52. The van der Waals surface area contributed by atoms with Crippen molar-refractivity contribution in [2.75, 3.05) is 6.54 Å². The van der Waals surface area contributed by atoms with Crippen LogP contribution in [0.3, 0.4) is 0 Å². The van der Waals surface area contributed by atoms with Gasteiger partial charge in [0.2, 0.25) is 0 Å². The van der Waals surface area contributed by atoms with Gasteiger partial charge in [0, 0.05) is 0 Å². The van der Waals surface area contributed by atoms with Gasteiger partial charge in [0.05, 0.1) is 0 Å². The second-order valence-corrected chi connectivity index (χ2v) is 2.90. The zero-order valence-corrected chi connectivity index (χ0v) is 5.97. The van der Waals surface area contributed by atoms with Gasteiger partial charge in [-0.25, -0.2) is 0 Å². The lowest BCUT2D eigenvalue weighted by Crippen LogP contribution is -2.11. The van der Waals surface area contributed by atoms with E-state index >= 15 is 0 Å². The molecule has 1 aliphatic carbocycles. The molecule has 0 aliphatic heterocycles. The van der Waals surface area contributed by atoms with E-state index in [2.05, 4.69) is 6.42 Å². The van der Waals surface area contributed by atoms with E-state index in [1.165, 1.54) is 32.1 Å². The SMILES string of the molecule is NCCC1C[CH]CCC1. The van der Waals surface area contributed by atoms with Gasteiger partial charge in [0.15, 0.2) is 0 Å². The summed E-state index contributed by atoms with van der Waals surface area (Å²) in [5, 5.41) is 0. The van der Waals surface area contributed by atoms with Crippen LogP contribution in [0.15, 0.2) is 0 Å². The molecule has 0 aromatic heterocycles. The lowest BCUT2D eigenvalue weighted by molar-refractivity contribution is 0.394. The lowest BCUT2D eigenvalue weighted by Gasteiger charge is -2.19. The molecule has 1 fully saturated rings. The van der Waals surface area contributed by atoms with Gasteiger partial charge in [0.1, 0.15) is 0 Å². The van der Waals surface area contributed by atoms with E-state index < -0.39 is 0 Å². The summed E-state index contributed by atoms with van der Waals surface area (Å²) in [5.41, 5.74) is 5.45. The molecular formula is C8H16N. The van der Waals surface area contributed by atoms with Crippen LogP contribution in [-0.4, -0.2) is 6.54 Å². The number of nitrogens with two attached hydrogens (primary N) is 1. The second kappa shape index (κ2) is 3.89. The highest BCUT2D eigenvalue weighted by Crippen LogP contribution is 2.24. The van der Waals surface area contributed by atoms with Crippen LogP contribution in [-0.2, 0) is 0 Å². The summed E-state index contributed by atoms with van der Waals surface area (Å²) in [6, 6.07) is 0. The normalized spacial score (nSPS) is 22.3. The zero-order chi connectivity index (χ0) is 6.53. The van der Waals surface area contributed by atoms with Crippen LogP contribution in [0, 0.1) is 12.3 Å². The molecule has 1 saturated carbocycles. The fourth-order valence-corrected chi connectivity index (χ4v) is 1.52. The second-order valence-electron chi connectivity index (χ2n) is 2.90. The van der Waals surface area contributed by atoms with Gasteiger partial charge in [-0.1, -0.05) is 19.3 Å². The minimum atomic E-state index is 0.874. The Morgan fingerprint density at radius 3 is 3.00 bits per heavy atom. The van der Waals surface area contributed by atoms with Gasteiger partial charge in [-0.3, -0.25) is 0 Å². The standard InChI is InChI=1S/C8H16N/c9-7-6-8-4-2-1-3-5-8/h2,8H,1,3-7,9H2. The minimum absolute atomic E-state index is 0.874. The molecule has 0 spiro atoms. The maximum atomic E-state index is 5.45. The van der Waals surface area contributed by atoms with Crippen molar-refractivity contribution in [3.05, 3.63) is 6.42 Å². The molecule has 1 aliphatic rings. The van der Waals surface area contributed by atoms with Crippen molar-refractivity contribution < 1.29 is 0 Å². The summed E-state index contributed by atoms with van der Waals surface area (Å²) in [4.78, 5) is 0. The van der Waals surface area contributed by atoms with E-state index in [0.717, 1.165) is 12.5 Å². The Labute approximate surface area is 57.6 Å². The number of hydrogen-bond acceptors (Lipinski definition) is 1. The van der Waals surface area contributed by atoms with Crippen LogP contribution >= 0.6 is 0 Å². The lowest BCUT2D eigenvalue weighted by atomic mass is 9.87. The Bertz CT molecular complexity index is 62.2. The summed E-state index contributed by atoms with van der Waals surface area (Å²) >= 11 is 0. The Balaban J connectivity index is 2.08. The Morgan fingerprint density at radius 1 is 1.56 bits per heavy atom.